The van der Waals surface area contributed by atoms with E-state index in [2.05, 4.69) is 15.3 Å². The number of nitrogens with one attached hydrogen (secondary N) is 1. The molecule has 4 heterocycles. The van der Waals surface area contributed by atoms with Crippen LogP contribution in [0.2, 0.25) is 5.15 Å². The third kappa shape index (κ3) is 4.56. The van der Waals surface area contributed by atoms with Crippen molar-refractivity contribution in [1.29, 1.82) is 0 Å². The zero-order valence-electron chi connectivity index (χ0n) is 20.8. The average Bonchev–Trinajstić information content (AvgIpc) is 3.25. The third-order valence-corrected chi connectivity index (χ3v) is 7.16. The second-order valence-corrected chi connectivity index (χ2v) is 10.3. The van der Waals surface area contributed by atoms with Crippen molar-refractivity contribution in [2.24, 2.45) is 0 Å². The summed E-state index contributed by atoms with van der Waals surface area (Å²) in [5.74, 6) is -0.207. The second-order valence-electron chi connectivity index (χ2n) is 8.76. The Morgan fingerprint density at radius 2 is 1.89 bits per heavy atom. The van der Waals surface area contributed by atoms with E-state index in [1.807, 2.05) is 45.0 Å². The lowest BCUT2D eigenvalue weighted by Gasteiger charge is -2.20. The molecule has 0 radical (unpaired) electrons. The second kappa shape index (κ2) is 9.57. The fraction of sp³-hybridized carbons (Fsp3) is 0.222. The average molecular weight is 535 g/mol. The topological polar surface area (TPSA) is 107 Å². The number of aromatic nitrogens is 3. The lowest BCUT2D eigenvalue weighted by Crippen LogP contribution is -2.15. The molecule has 4 aromatic heterocycles. The number of aryl methyl sites for hydroxylation is 2. The van der Waals surface area contributed by atoms with Crippen molar-refractivity contribution in [3.05, 3.63) is 79.2 Å². The first-order chi connectivity index (χ1) is 17.7. The molecule has 1 atom stereocenters. The fourth-order valence-corrected chi connectivity index (χ4v) is 5.23. The summed E-state index contributed by atoms with van der Waals surface area (Å²) < 4.78 is 11.3. The quantitative estimate of drug-likeness (QED) is 0.204. The Bertz CT molecular complexity index is 1760. The number of rotatable bonds is 5. The van der Waals surface area contributed by atoms with Gasteiger partial charge in [-0.2, -0.15) is 0 Å². The lowest BCUT2D eigenvalue weighted by atomic mass is 9.99. The number of ether oxygens (including phenoxy) is 1. The Balaban J connectivity index is 1.66. The molecular formula is C27H23ClN4O4S. The highest BCUT2D eigenvalue weighted by Crippen LogP contribution is 2.33. The number of thiazole rings is 1. The van der Waals surface area contributed by atoms with Crippen molar-refractivity contribution in [1.82, 2.24) is 15.0 Å². The van der Waals surface area contributed by atoms with E-state index in [0.29, 0.717) is 33.7 Å². The summed E-state index contributed by atoms with van der Waals surface area (Å²) in [5, 5.41) is 4.86. The Morgan fingerprint density at radius 1 is 1.11 bits per heavy atom. The number of anilines is 1. The van der Waals surface area contributed by atoms with Gasteiger partial charge in [-0.25, -0.2) is 19.7 Å². The number of methoxy groups -OCH3 is 1. The standard InChI is InChI=1S/C27H23ClN4O4S/c1-12-10-16(14(3)29-18-8-9-21(28)32-22(18)27(34)35-5)25-17(11-12)23(33)13(2)24(36-25)19-6-7-20-26(31-19)37-15(4)30-20/h6-11,14,29H,1-5H3/t14-/m1/s1. The van der Waals surface area contributed by atoms with Crippen LogP contribution in [-0.4, -0.2) is 28.0 Å². The Kier molecular flexibility index (Phi) is 6.43. The largest absolute Gasteiger partial charge is 0.464 e. The molecule has 0 bridgehead atoms. The number of carbonyl (C=O) groups is 1. The first kappa shape index (κ1) is 24.9. The van der Waals surface area contributed by atoms with Gasteiger partial charge in [-0.3, -0.25) is 4.79 Å². The predicted molar refractivity (Wildman–Crippen MR) is 146 cm³/mol. The Labute approximate surface area is 221 Å². The van der Waals surface area contributed by atoms with Gasteiger partial charge >= 0.3 is 5.97 Å². The molecule has 0 aliphatic rings. The Morgan fingerprint density at radius 3 is 2.65 bits per heavy atom. The van der Waals surface area contributed by atoms with E-state index in [0.717, 1.165) is 26.5 Å². The molecule has 0 spiro atoms. The van der Waals surface area contributed by atoms with Crippen molar-refractivity contribution in [2.45, 2.75) is 33.7 Å². The van der Waals surface area contributed by atoms with Gasteiger partial charge in [-0.05, 0) is 63.6 Å². The number of carbonyl (C=O) groups excluding carboxylic acids is 1. The summed E-state index contributed by atoms with van der Waals surface area (Å²) in [7, 11) is 1.28. The molecule has 188 valence electrons. The Hall–Kier alpha value is -3.82. The minimum atomic E-state index is -0.615. The molecule has 1 N–H and O–H groups in total. The van der Waals surface area contributed by atoms with Crippen LogP contribution in [-0.2, 0) is 4.74 Å². The maximum Gasteiger partial charge on any atom is 0.358 e. The molecule has 0 saturated carbocycles. The third-order valence-electron chi connectivity index (χ3n) is 6.07. The van der Waals surface area contributed by atoms with Crippen LogP contribution in [0.3, 0.4) is 0 Å². The van der Waals surface area contributed by atoms with Gasteiger partial charge in [0.15, 0.2) is 16.9 Å². The molecule has 5 aromatic rings. The fourth-order valence-electron chi connectivity index (χ4n) is 4.30. The molecule has 0 fully saturated rings. The highest BCUT2D eigenvalue weighted by Gasteiger charge is 2.22. The minimum absolute atomic E-state index is 0.0640. The summed E-state index contributed by atoms with van der Waals surface area (Å²) in [5.41, 5.74) is 4.32. The summed E-state index contributed by atoms with van der Waals surface area (Å²) in [6, 6.07) is 10.4. The maximum absolute atomic E-state index is 13.5. The highest BCUT2D eigenvalue weighted by atomic mass is 35.5. The van der Waals surface area contributed by atoms with Crippen LogP contribution in [0.5, 0.6) is 0 Å². The smallest absolute Gasteiger partial charge is 0.358 e. The zero-order valence-corrected chi connectivity index (χ0v) is 22.4. The molecule has 5 rings (SSSR count). The van der Waals surface area contributed by atoms with Gasteiger partial charge in [-0.15, -0.1) is 0 Å². The minimum Gasteiger partial charge on any atom is -0.464 e. The van der Waals surface area contributed by atoms with E-state index in [4.69, 9.17) is 25.7 Å². The van der Waals surface area contributed by atoms with Gasteiger partial charge in [0.25, 0.3) is 0 Å². The number of nitrogens with zero attached hydrogens (tertiary/aromatic N) is 3. The van der Waals surface area contributed by atoms with Crippen LogP contribution < -0.4 is 10.7 Å². The van der Waals surface area contributed by atoms with Crippen LogP contribution >= 0.6 is 22.9 Å². The van der Waals surface area contributed by atoms with E-state index in [1.165, 1.54) is 18.4 Å². The van der Waals surface area contributed by atoms with Crippen molar-refractivity contribution < 1.29 is 13.9 Å². The predicted octanol–water partition coefficient (Wildman–Crippen LogP) is 6.40. The first-order valence-electron chi connectivity index (χ1n) is 11.5. The van der Waals surface area contributed by atoms with Crippen molar-refractivity contribution in [3.8, 4) is 11.5 Å². The molecule has 37 heavy (non-hydrogen) atoms. The number of fused-ring (bicyclic) bond motifs is 2. The summed E-state index contributed by atoms with van der Waals surface area (Å²) in [6.45, 7) is 7.51. The van der Waals surface area contributed by atoms with E-state index < -0.39 is 5.97 Å². The summed E-state index contributed by atoms with van der Waals surface area (Å²) >= 11 is 7.50. The lowest BCUT2D eigenvalue weighted by molar-refractivity contribution is 0.0595. The molecule has 0 unspecified atom stereocenters. The van der Waals surface area contributed by atoms with Gasteiger partial charge in [-0.1, -0.05) is 29.0 Å². The molecule has 10 heteroatoms. The van der Waals surface area contributed by atoms with Crippen LogP contribution in [0, 0.1) is 20.8 Å². The van der Waals surface area contributed by atoms with E-state index >= 15 is 0 Å². The zero-order chi connectivity index (χ0) is 26.4. The van der Waals surface area contributed by atoms with Gasteiger partial charge in [0, 0.05) is 11.1 Å². The van der Waals surface area contributed by atoms with Gasteiger partial charge in [0.05, 0.1) is 29.2 Å². The number of halogens is 1. The molecular weight excluding hydrogens is 512 g/mol. The first-order valence-corrected chi connectivity index (χ1v) is 12.7. The van der Waals surface area contributed by atoms with E-state index in [1.54, 1.807) is 19.1 Å². The van der Waals surface area contributed by atoms with Crippen molar-refractivity contribution in [3.63, 3.8) is 0 Å². The van der Waals surface area contributed by atoms with Crippen LogP contribution in [0.25, 0.3) is 32.8 Å². The molecule has 0 aliphatic heterocycles. The number of pyridine rings is 2. The van der Waals surface area contributed by atoms with Gasteiger partial charge in [0.2, 0.25) is 0 Å². The van der Waals surface area contributed by atoms with Gasteiger partial charge < -0.3 is 14.5 Å². The van der Waals surface area contributed by atoms with Crippen molar-refractivity contribution in [2.75, 3.05) is 12.4 Å². The van der Waals surface area contributed by atoms with Crippen LogP contribution in [0.15, 0.2) is 45.6 Å². The number of esters is 1. The monoisotopic (exact) mass is 534 g/mol. The van der Waals surface area contributed by atoms with Gasteiger partial charge in [0.1, 0.15) is 26.8 Å². The summed E-state index contributed by atoms with van der Waals surface area (Å²) in [6.07, 6.45) is 0. The summed E-state index contributed by atoms with van der Waals surface area (Å²) in [4.78, 5) is 39.9. The normalized spacial score (nSPS) is 12.2. The number of hydrogen-bond acceptors (Lipinski definition) is 9. The number of hydrogen-bond donors (Lipinski definition) is 1. The molecule has 0 saturated heterocycles. The van der Waals surface area contributed by atoms with Crippen LogP contribution in [0.1, 0.15) is 45.2 Å². The maximum atomic E-state index is 13.5. The molecule has 0 amide bonds. The highest BCUT2D eigenvalue weighted by molar-refractivity contribution is 7.18. The van der Waals surface area contributed by atoms with E-state index in [9.17, 15) is 9.59 Å². The molecule has 8 nitrogen and oxygen atoms in total. The number of benzene rings is 1. The molecule has 0 aliphatic carbocycles. The molecule has 1 aromatic carbocycles. The SMILES string of the molecule is COC(=O)c1nc(Cl)ccc1N[C@H](C)c1cc(C)cc2c(=O)c(C)c(-c3ccc4nc(C)sc4n3)oc12. The van der Waals surface area contributed by atoms with E-state index in [-0.39, 0.29) is 22.3 Å². The van der Waals surface area contributed by atoms with Crippen LogP contribution in [0.4, 0.5) is 5.69 Å². The van der Waals surface area contributed by atoms with Crippen molar-refractivity contribution >= 4 is 55.9 Å².